The van der Waals surface area contributed by atoms with E-state index in [1.165, 1.54) is 11.3 Å². The highest BCUT2D eigenvalue weighted by molar-refractivity contribution is 7.14. The fraction of sp³-hybridized carbons (Fsp3) is 0.0588. The Kier molecular flexibility index (Phi) is 4.98. The molecule has 1 heterocycles. The summed E-state index contributed by atoms with van der Waals surface area (Å²) in [4.78, 5) is 16.6. The molecule has 5 nitrogen and oxygen atoms in total. The first kappa shape index (κ1) is 16.3. The molecule has 1 aromatic heterocycles. The number of benzene rings is 2. The summed E-state index contributed by atoms with van der Waals surface area (Å²) in [6.45, 7) is 0. The summed E-state index contributed by atoms with van der Waals surface area (Å²) < 4.78 is 5.14. The lowest BCUT2D eigenvalue weighted by Gasteiger charge is -2.05. The third kappa shape index (κ3) is 4.04. The quantitative estimate of drug-likeness (QED) is 0.686. The number of amides is 1. The summed E-state index contributed by atoms with van der Waals surface area (Å²) in [5.74, 6) is 0.396. The zero-order valence-corrected chi connectivity index (χ0v) is 14.3. The highest BCUT2D eigenvalue weighted by atomic mass is 35.5. The van der Waals surface area contributed by atoms with Gasteiger partial charge in [-0.05, 0) is 30.3 Å². The molecule has 0 bridgehead atoms. The van der Waals surface area contributed by atoms with Crippen LogP contribution in [-0.2, 0) is 0 Å². The smallest absolute Gasteiger partial charge is 0.275 e. The van der Waals surface area contributed by atoms with Gasteiger partial charge in [0.15, 0.2) is 5.13 Å². The van der Waals surface area contributed by atoms with Crippen LogP contribution in [0.3, 0.4) is 0 Å². The highest BCUT2D eigenvalue weighted by Gasteiger charge is 2.11. The van der Waals surface area contributed by atoms with Crippen molar-refractivity contribution in [1.29, 1.82) is 0 Å². The van der Waals surface area contributed by atoms with E-state index in [1.807, 2.05) is 24.3 Å². The van der Waals surface area contributed by atoms with Gasteiger partial charge in [-0.15, -0.1) is 11.3 Å². The van der Waals surface area contributed by atoms with Gasteiger partial charge in [0.1, 0.15) is 11.4 Å². The minimum Gasteiger partial charge on any atom is -0.497 e. The third-order valence-electron chi connectivity index (χ3n) is 3.14. The van der Waals surface area contributed by atoms with E-state index in [1.54, 1.807) is 36.8 Å². The number of hydrogen-bond donors (Lipinski definition) is 2. The Bertz CT molecular complexity index is 866. The molecule has 3 rings (SSSR count). The molecule has 0 radical (unpaired) electrons. The average Bonchev–Trinajstić information content (AvgIpc) is 3.04. The number of aromatic nitrogens is 1. The van der Waals surface area contributed by atoms with Crippen molar-refractivity contribution in [3.05, 3.63) is 64.6 Å². The summed E-state index contributed by atoms with van der Waals surface area (Å²) in [6.07, 6.45) is 0. The van der Waals surface area contributed by atoms with Crippen molar-refractivity contribution in [2.24, 2.45) is 0 Å². The third-order valence-corrected chi connectivity index (χ3v) is 4.13. The molecule has 2 aromatic carbocycles. The van der Waals surface area contributed by atoms with Crippen LogP contribution >= 0.6 is 22.9 Å². The SMILES string of the molecule is COc1cccc(NC(=O)c2csc(Nc3cccc(Cl)c3)n2)c1. The fourth-order valence-corrected chi connectivity index (χ4v) is 2.92. The van der Waals surface area contributed by atoms with Crippen molar-refractivity contribution in [1.82, 2.24) is 4.98 Å². The second kappa shape index (κ2) is 7.33. The molecule has 0 saturated carbocycles. The summed E-state index contributed by atoms with van der Waals surface area (Å²) in [5, 5.41) is 8.87. The Hall–Kier alpha value is -2.57. The molecule has 3 aromatic rings. The Morgan fingerprint density at radius 2 is 1.96 bits per heavy atom. The van der Waals surface area contributed by atoms with Gasteiger partial charge in [-0.2, -0.15) is 0 Å². The standard InChI is InChI=1S/C17H14ClN3O2S/c1-23-14-7-3-6-13(9-14)19-16(22)15-10-24-17(21-15)20-12-5-2-4-11(18)8-12/h2-10H,1H3,(H,19,22)(H,20,21). The van der Waals surface area contributed by atoms with Gasteiger partial charge in [0.05, 0.1) is 7.11 Å². The Labute approximate surface area is 148 Å². The number of ether oxygens (including phenoxy) is 1. The van der Waals surface area contributed by atoms with Gasteiger partial charge in [-0.25, -0.2) is 4.98 Å². The maximum Gasteiger partial charge on any atom is 0.275 e. The van der Waals surface area contributed by atoms with Crippen molar-refractivity contribution in [3.63, 3.8) is 0 Å². The number of nitrogens with one attached hydrogen (secondary N) is 2. The number of carbonyl (C=O) groups excluding carboxylic acids is 1. The van der Waals surface area contributed by atoms with Crippen molar-refractivity contribution < 1.29 is 9.53 Å². The van der Waals surface area contributed by atoms with E-state index in [4.69, 9.17) is 16.3 Å². The van der Waals surface area contributed by atoms with E-state index in [0.29, 0.717) is 27.3 Å². The molecule has 0 aliphatic rings. The number of halogens is 1. The number of hydrogen-bond acceptors (Lipinski definition) is 5. The molecule has 0 spiro atoms. The maximum atomic E-state index is 12.3. The van der Waals surface area contributed by atoms with Crippen LogP contribution in [0.25, 0.3) is 0 Å². The number of methoxy groups -OCH3 is 1. The van der Waals surface area contributed by atoms with Gasteiger partial charge in [0.2, 0.25) is 0 Å². The van der Waals surface area contributed by atoms with Crippen LogP contribution in [0.5, 0.6) is 5.75 Å². The second-order valence-electron chi connectivity index (χ2n) is 4.86. The van der Waals surface area contributed by atoms with Crippen molar-refractivity contribution in [3.8, 4) is 5.75 Å². The maximum absolute atomic E-state index is 12.3. The lowest BCUT2D eigenvalue weighted by Crippen LogP contribution is -2.12. The fourth-order valence-electron chi connectivity index (χ4n) is 2.02. The van der Waals surface area contributed by atoms with Crippen LogP contribution in [-0.4, -0.2) is 18.0 Å². The molecule has 0 atom stereocenters. The topological polar surface area (TPSA) is 63.2 Å². The molecule has 7 heteroatoms. The zero-order chi connectivity index (χ0) is 16.9. The molecule has 0 unspecified atom stereocenters. The van der Waals surface area contributed by atoms with Crippen LogP contribution in [0, 0.1) is 0 Å². The van der Waals surface area contributed by atoms with E-state index in [0.717, 1.165) is 5.69 Å². The molecule has 0 aliphatic carbocycles. The van der Waals surface area contributed by atoms with Crippen LogP contribution in [0.2, 0.25) is 5.02 Å². The van der Waals surface area contributed by atoms with E-state index in [-0.39, 0.29) is 5.91 Å². The molecule has 0 aliphatic heterocycles. The Balaban J connectivity index is 1.69. The van der Waals surface area contributed by atoms with Gasteiger partial charge in [-0.1, -0.05) is 23.7 Å². The zero-order valence-electron chi connectivity index (χ0n) is 12.7. The number of rotatable bonds is 5. The number of anilines is 3. The minimum atomic E-state index is -0.279. The Morgan fingerprint density at radius 3 is 2.75 bits per heavy atom. The monoisotopic (exact) mass is 359 g/mol. The van der Waals surface area contributed by atoms with Crippen LogP contribution in [0.4, 0.5) is 16.5 Å². The van der Waals surface area contributed by atoms with E-state index < -0.39 is 0 Å². The van der Waals surface area contributed by atoms with Gasteiger partial charge in [0.25, 0.3) is 5.91 Å². The number of thiazole rings is 1. The van der Waals surface area contributed by atoms with Crippen molar-refractivity contribution >= 4 is 45.4 Å². The lowest BCUT2D eigenvalue weighted by atomic mass is 10.3. The van der Waals surface area contributed by atoms with Crippen LogP contribution < -0.4 is 15.4 Å². The summed E-state index contributed by atoms with van der Waals surface area (Å²) in [6, 6.07) is 14.5. The summed E-state index contributed by atoms with van der Waals surface area (Å²) in [5.41, 5.74) is 1.81. The average molecular weight is 360 g/mol. The van der Waals surface area contributed by atoms with Gasteiger partial charge >= 0.3 is 0 Å². The highest BCUT2D eigenvalue weighted by Crippen LogP contribution is 2.24. The lowest BCUT2D eigenvalue weighted by molar-refractivity contribution is 0.102. The second-order valence-corrected chi connectivity index (χ2v) is 6.15. The minimum absolute atomic E-state index is 0.279. The summed E-state index contributed by atoms with van der Waals surface area (Å²) >= 11 is 7.30. The molecule has 0 fully saturated rings. The van der Waals surface area contributed by atoms with E-state index in [9.17, 15) is 4.79 Å². The molecular weight excluding hydrogens is 346 g/mol. The number of carbonyl (C=O) groups is 1. The van der Waals surface area contributed by atoms with Crippen LogP contribution in [0.1, 0.15) is 10.5 Å². The first-order chi connectivity index (χ1) is 11.6. The van der Waals surface area contributed by atoms with Crippen molar-refractivity contribution in [2.45, 2.75) is 0 Å². The van der Waals surface area contributed by atoms with E-state index >= 15 is 0 Å². The van der Waals surface area contributed by atoms with Crippen molar-refractivity contribution in [2.75, 3.05) is 17.7 Å². The Morgan fingerprint density at radius 1 is 1.17 bits per heavy atom. The largest absolute Gasteiger partial charge is 0.497 e. The van der Waals surface area contributed by atoms with Gasteiger partial charge in [-0.3, -0.25) is 4.79 Å². The molecule has 0 saturated heterocycles. The normalized spacial score (nSPS) is 10.2. The molecule has 1 amide bonds. The van der Waals surface area contributed by atoms with E-state index in [2.05, 4.69) is 15.6 Å². The molecular formula is C17H14ClN3O2S. The first-order valence-corrected chi connectivity index (χ1v) is 8.33. The van der Waals surface area contributed by atoms with Crippen LogP contribution in [0.15, 0.2) is 53.9 Å². The number of nitrogens with zero attached hydrogens (tertiary/aromatic N) is 1. The predicted octanol–water partition coefficient (Wildman–Crippen LogP) is 4.80. The predicted molar refractivity (Wildman–Crippen MR) is 97.8 cm³/mol. The molecule has 24 heavy (non-hydrogen) atoms. The van der Waals surface area contributed by atoms with Gasteiger partial charge in [0, 0.05) is 27.8 Å². The first-order valence-electron chi connectivity index (χ1n) is 7.07. The summed E-state index contributed by atoms with van der Waals surface area (Å²) in [7, 11) is 1.58. The molecule has 122 valence electrons. The molecule has 2 N–H and O–H groups in total. The van der Waals surface area contributed by atoms with Gasteiger partial charge < -0.3 is 15.4 Å².